The summed E-state index contributed by atoms with van der Waals surface area (Å²) in [6.45, 7) is 18.4. The van der Waals surface area contributed by atoms with Crippen LogP contribution in [0.2, 0.25) is 0 Å². The SMILES string of the molecule is C=C(CCC1=CC(C)=C(F)CC1)C1=N/C(=C/C=CC)N(C)C(C(=C)C)C1.CC.[HH]. The third kappa shape index (κ3) is 6.47. The monoisotopic (exact) mass is 386 g/mol. The van der Waals surface area contributed by atoms with Gasteiger partial charge in [0.25, 0.3) is 0 Å². The molecule has 1 unspecified atom stereocenters. The first-order chi connectivity index (χ1) is 13.3. The third-order valence-electron chi connectivity index (χ3n) is 5.14. The molecular weight excluding hydrogens is 347 g/mol. The summed E-state index contributed by atoms with van der Waals surface area (Å²) in [7, 11) is 2.06. The van der Waals surface area contributed by atoms with E-state index in [1.54, 1.807) is 0 Å². The van der Waals surface area contributed by atoms with Gasteiger partial charge in [-0.05, 0) is 57.3 Å². The van der Waals surface area contributed by atoms with Gasteiger partial charge in [-0.1, -0.05) is 56.4 Å². The Balaban J connectivity index is 0.00000253. The first-order valence-corrected chi connectivity index (χ1v) is 10.3. The van der Waals surface area contributed by atoms with Gasteiger partial charge >= 0.3 is 0 Å². The highest BCUT2D eigenvalue weighted by Gasteiger charge is 2.26. The largest absolute Gasteiger partial charge is 0.353 e. The Morgan fingerprint density at radius 2 is 2.04 bits per heavy atom. The predicted octanol–water partition coefficient (Wildman–Crippen LogP) is 7.70. The minimum Gasteiger partial charge on any atom is -0.353 e. The van der Waals surface area contributed by atoms with Crippen LogP contribution in [0.4, 0.5) is 4.39 Å². The summed E-state index contributed by atoms with van der Waals surface area (Å²) in [5.41, 5.74) is 5.34. The number of likely N-dealkylation sites (N-methyl/N-ethyl adjacent to an activating group) is 1. The Hall–Kier alpha value is -2.16. The highest BCUT2D eigenvalue weighted by Crippen LogP contribution is 2.30. The van der Waals surface area contributed by atoms with Crippen molar-refractivity contribution >= 4 is 5.71 Å². The van der Waals surface area contributed by atoms with Crippen molar-refractivity contribution in [2.45, 2.75) is 72.8 Å². The molecule has 0 saturated carbocycles. The third-order valence-corrected chi connectivity index (χ3v) is 5.14. The number of allylic oxidation sites excluding steroid dienone is 8. The van der Waals surface area contributed by atoms with Crippen LogP contribution in [0.3, 0.4) is 0 Å². The van der Waals surface area contributed by atoms with E-state index in [9.17, 15) is 4.39 Å². The zero-order valence-electron chi connectivity index (χ0n) is 18.6. The molecule has 0 radical (unpaired) electrons. The normalized spacial score (nSPS) is 21.3. The topological polar surface area (TPSA) is 15.6 Å². The molecule has 1 aliphatic heterocycles. The second-order valence-electron chi connectivity index (χ2n) is 7.28. The van der Waals surface area contributed by atoms with Crippen LogP contribution in [0.5, 0.6) is 0 Å². The fourth-order valence-corrected chi connectivity index (χ4v) is 3.38. The zero-order valence-corrected chi connectivity index (χ0v) is 18.6. The Bertz CT molecular complexity index is 738. The second-order valence-corrected chi connectivity index (χ2v) is 7.28. The van der Waals surface area contributed by atoms with E-state index >= 15 is 0 Å². The van der Waals surface area contributed by atoms with Crippen LogP contribution < -0.4 is 0 Å². The van der Waals surface area contributed by atoms with Gasteiger partial charge in [-0.2, -0.15) is 0 Å². The van der Waals surface area contributed by atoms with Gasteiger partial charge in [-0.25, -0.2) is 9.38 Å². The Labute approximate surface area is 173 Å². The fourth-order valence-electron chi connectivity index (χ4n) is 3.38. The van der Waals surface area contributed by atoms with Crippen molar-refractivity contribution in [3.63, 3.8) is 0 Å². The molecule has 0 aromatic heterocycles. The van der Waals surface area contributed by atoms with Crippen LogP contribution in [0.15, 0.2) is 76.4 Å². The minimum atomic E-state index is 0. The van der Waals surface area contributed by atoms with Gasteiger partial charge in [-0.3, -0.25) is 0 Å². The lowest BCUT2D eigenvalue weighted by atomic mass is 9.91. The maximum Gasteiger partial charge on any atom is 0.129 e. The molecule has 0 aromatic carbocycles. The van der Waals surface area contributed by atoms with Crippen LogP contribution >= 0.6 is 0 Å². The fraction of sp³-hybridized carbons (Fsp3) is 0.480. The van der Waals surface area contributed by atoms with Gasteiger partial charge in [0.1, 0.15) is 11.6 Å². The Morgan fingerprint density at radius 3 is 2.61 bits per heavy atom. The average molecular weight is 387 g/mol. The van der Waals surface area contributed by atoms with Crippen molar-refractivity contribution in [2.75, 3.05) is 7.05 Å². The van der Waals surface area contributed by atoms with Gasteiger partial charge in [0.2, 0.25) is 0 Å². The van der Waals surface area contributed by atoms with E-state index in [1.165, 1.54) is 5.57 Å². The van der Waals surface area contributed by atoms with Gasteiger partial charge in [-0.15, -0.1) is 0 Å². The van der Waals surface area contributed by atoms with Crippen molar-refractivity contribution in [2.24, 2.45) is 4.99 Å². The summed E-state index contributed by atoms with van der Waals surface area (Å²) < 4.78 is 13.5. The summed E-state index contributed by atoms with van der Waals surface area (Å²) in [6, 6.07) is 0.240. The number of halogens is 1. The molecule has 0 fully saturated rings. The van der Waals surface area contributed by atoms with Gasteiger partial charge in [0.15, 0.2) is 0 Å². The van der Waals surface area contributed by atoms with E-state index < -0.39 is 0 Å². The molecule has 0 N–H and O–H groups in total. The van der Waals surface area contributed by atoms with Crippen LogP contribution in [-0.2, 0) is 0 Å². The van der Waals surface area contributed by atoms with Crippen LogP contribution in [-0.4, -0.2) is 23.7 Å². The quantitative estimate of drug-likeness (QED) is 0.427. The van der Waals surface area contributed by atoms with E-state index in [2.05, 4.69) is 32.0 Å². The van der Waals surface area contributed by atoms with Crippen molar-refractivity contribution in [3.8, 4) is 0 Å². The number of aliphatic imine (C=N–C) groups is 1. The van der Waals surface area contributed by atoms with E-state index in [0.717, 1.165) is 53.9 Å². The molecule has 0 saturated heterocycles. The van der Waals surface area contributed by atoms with Gasteiger partial charge < -0.3 is 4.90 Å². The number of hydrogen-bond acceptors (Lipinski definition) is 2. The number of nitrogens with zero attached hydrogens (tertiary/aromatic N) is 2. The number of hydrogen-bond donors (Lipinski definition) is 0. The summed E-state index contributed by atoms with van der Waals surface area (Å²) in [5, 5.41) is 0. The summed E-state index contributed by atoms with van der Waals surface area (Å²) in [5.74, 6) is 0.964. The van der Waals surface area contributed by atoms with Crippen molar-refractivity contribution < 1.29 is 5.82 Å². The minimum absolute atomic E-state index is 0. The molecule has 0 bridgehead atoms. The molecule has 1 aliphatic carbocycles. The molecule has 2 rings (SSSR count). The van der Waals surface area contributed by atoms with Crippen LogP contribution in [0, 0.1) is 0 Å². The first-order valence-electron chi connectivity index (χ1n) is 10.3. The molecule has 28 heavy (non-hydrogen) atoms. The lowest BCUT2D eigenvalue weighted by molar-refractivity contribution is 0.332. The van der Waals surface area contributed by atoms with Crippen molar-refractivity contribution in [3.05, 3.63) is 71.4 Å². The molecule has 3 heteroatoms. The molecule has 0 spiro atoms. The van der Waals surface area contributed by atoms with Crippen LogP contribution in [0.1, 0.15) is 68.1 Å². The smallest absolute Gasteiger partial charge is 0.129 e. The Morgan fingerprint density at radius 1 is 1.36 bits per heavy atom. The predicted molar refractivity (Wildman–Crippen MR) is 124 cm³/mol. The summed E-state index contributed by atoms with van der Waals surface area (Å²) >= 11 is 0. The summed E-state index contributed by atoms with van der Waals surface area (Å²) in [6.07, 6.45) is 12.0. The van der Waals surface area contributed by atoms with E-state index in [0.29, 0.717) is 6.42 Å². The lowest BCUT2D eigenvalue weighted by Crippen LogP contribution is -2.37. The van der Waals surface area contributed by atoms with Gasteiger partial charge in [0.05, 0.1) is 6.04 Å². The van der Waals surface area contributed by atoms with Gasteiger partial charge in [0, 0.05) is 27.0 Å². The molecule has 2 aliphatic rings. The van der Waals surface area contributed by atoms with E-state index in [4.69, 9.17) is 4.99 Å². The highest BCUT2D eigenvalue weighted by molar-refractivity contribution is 6.01. The molecule has 0 amide bonds. The lowest BCUT2D eigenvalue weighted by Gasteiger charge is -2.35. The molecular formula is C25H39FN2. The summed E-state index contributed by atoms with van der Waals surface area (Å²) in [4.78, 5) is 7.03. The molecule has 156 valence electrons. The maximum atomic E-state index is 13.5. The average Bonchev–Trinajstić information content (AvgIpc) is 2.69. The number of rotatable bonds is 6. The highest BCUT2D eigenvalue weighted by atomic mass is 19.1. The van der Waals surface area contributed by atoms with Crippen LogP contribution in [0.25, 0.3) is 0 Å². The maximum absolute atomic E-state index is 13.5. The van der Waals surface area contributed by atoms with Crippen molar-refractivity contribution in [1.29, 1.82) is 0 Å². The Kier molecular flexibility index (Phi) is 9.92. The molecule has 2 nitrogen and oxygen atoms in total. The molecule has 1 atom stereocenters. The standard InChI is InChI=1S/C23H31FN2.C2H6.H2/c1-7-8-9-23-25-21(15-22(16(2)3)26(23)6)17(4)10-11-19-12-13-20(24)18(5)14-19;1-2;/h7-9,14,22H,2,4,10-13,15H2,1,3,5-6H3;1-2H3;1H/b8-7?,23-9-;;. The first kappa shape index (κ1) is 23.9. The zero-order chi connectivity index (χ0) is 21.3. The second kappa shape index (κ2) is 11.6. The molecule has 1 heterocycles. The van der Waals surface area contributed by atoms with Crippen molar-refractivity contribution in [1.82, 2.24) is 4.90 Å². The van der Waals surface area contributed by atoms with E-state index in [1.807, 2.05) is 52.0 Å². The molecule has 0 aromatic rings. The van der Waals surface area contributed by atoms with E-state index in [-0.39, 0.29) is 13.3 Å².